The van der Waals surface area contributed by atoms with E-state index in [9.17, 15) is 9.59 Å². The molecule has 0 aliphatic carbocycles. The van der Waals surface area contributed by atoms with Crippen molar-refractivity contribution >= 4 is 23.1 Å². The van der Waals surface area contributed by atoms with Gasteiger partial charge in [-0.05, 0) is 0 Å². The normalized spacial score (nSPS) is 10.5. The van der Waals surface area contributed by atoms with Crippen molar-refractivity contribution < 1.29 is 14.7 Å². The molecule has 0 aliphatic rings. The summed E-state index contributed by atoms with van der Waals surface area (Å²) in [6.07, 6.45) is 1.51. The average Bonchev–Trinajstić information content (AvgIpc) is 2.52. The van der Waals surface area contributed by atoms with Crippen molar-refractivity contribution in [1.82, 2.24) is 4.98 Å². The van der Waals surface area contributed by atoms with Gasteiger partial charge in [-0.1, -0.05) is 13.8 Å². The van der Waals surface area contributed by atoms with E-state index in [-0.39, 0.29) is 6.42 Å². The van der Waals surface area contributed by atoms with Crippen LogP contribution >= 0.6 is 11.3 Å². The molecular formula is C9H11NO3S. The van der Waals surface area contributed by atoms with Crippen LogP contribution in [0.15, 0.2) is 6.20 Å². The summed E-state index contributed by atoms with van der Waals surface area (Å²) in [7, 11) is 0. The number of carboxylic acids is 1. The molecule has 1 N–H and O–H groups in total. The number of thiazole rings is 1. The number of aliphatic carboxylic acids is 1. The van der Waals surface area contributed by atoms with Crippen LogP contribution in [0.3, 0.4) is 0 Å². The lowest BCUT2D eigenvalue weighted by atomic mass is 10.2. The van der Waals surface area contributed by atoms with Crippen LogP contribution in [0.25, 0.3) is 0 Å². The summed E-state index contributed by atoms with van der Waals surface area (Å²) in [4.78, 5) is 26.0. The molecule has 1 rings (SSSR count). The summed E-state index contributed by atoms with van der Waals surface area (Å²) in [6, 6.07) is 0. The molecule has 0 bridgehead atoms. The largest absolute Gasteiger partial charge is 0.475 e. The maximum atomic E-state index is 10.9. The summed E-state index contributed by atoms with van der Waals surface area (Å²) in [6.45, 7) is 4.00. The number of hydrogen-bond acceptors (Lipinski definition) is 4. The lowest BCUT2D eigenvalue weighted by molar-refractivity contribution is -0.148. The molecule has 0 saturated heterocycles. The number of hydrogen-bond donors (Lipinski definition) is 1. The number of carbonyl (C=O) groups is 2. The minimum Gasteiger partial charge on any atom is -0.475 e. The molecule has 0 amide bonds. The van der Waals surface area contributed by atoms with Gasteiger partial charge in [0.25, 0.3) is 0 Å². The second-order valence-electron chi connectivity index (χ2n) is 3.22. The first-order chi connectivity index (χ1) is 6.50. The Morgan fingerprint density at radius 1 is 1.57 bits per heavy atom. The molecule has 4 nitrogen and oxygen atoms in total. The predicted octanol–water partition coefficient (Wildman–Crippen LogP) is 1.46. The second kappa shape index (κ2) is 4.32. The van der Waals surface area contributed by atoms with Gasteiger partial charge in [-0.25, -0.2) is 9.78 Å². The first kappa shape index (κ1) is 10.8. The van der Waals surface area contributed by atoms with Crippen LogP contribution in [0.1, 0.15) is 29.7 Å². The van der Waals surface area contributed by atoms with E-state index >= 15 is 0 Å². The maximum absolute atomic E-state index is 10.9. The van der Waals surface area contributed by atoms with Gasteiger partial charge in [-0.15, -0.1) is 11.3 Å². The molecule has 0 atom stereocenters. The molecule has 1 heterocycles. The topological polar surface area (TPSA) is 67.3 Å². The fourth-order valence-electron chi connectivity index (χ4n) is 0.905. The van der Waals surface area contributed by atoms with Gasteiger partial charge in [0.2, 0.25) is 5.78 Å². The molecule has 0 aliphatic heterocycles. The molecule has 1 aromatic rings. The first-order valence-electron chi connectivity index (χ1n) is 4.21. The van der Waals surface area contributed by atoms with Crippen molar-refractivity contribution in [3.05, 3.63) is 16.1 Å². The third-order valence-corrected chi connectivity index (χ3v) is 2.94. The van der Waals surface area contributed by atoms with Crippen molar-refractivity contribution in [3.8, 4) is 0 Å². The molecule has 0 radical (unpaired) electrons. The fraction of sp³-hybridized carbons (Fsp3) is 0.444. The number of rotatable bonds is 4. The maximum Gasteiger partial charge on any atom is 0.372 e. The monoisotopic (exact) mass is 213 g/mol. The van der Waals surface area contributed by atoms with Crippen LogP contribution in [0.4, 0.5) is 0 Å². The summed E-state index contributed by atoms with van der Waals surface area (Å²) in [5.41, 5.74) is 0. The molecule has 0 unspecified atom stereocenters. The van der Waals surface area contributed by atoms with E-state index in [1.807, 2.05) is 13.8 Å². The third-order valence-electron chi connectivity index (χ3n) is 1.64. The highest BCUT2D eigenvalue weighted by Gasteiger charge is 2.14. The van der Waals surface area contributed by atoms with E-state index < -0.39 is 11.8 Å². The van der Waals surface area contributed by atoms with Crippen molar-refractivity contribution in [2.75, 3.05) is 0 Å². The predicted molar refractivity (Wildman–Crippen MR) is 52.5 cm³/mol. The Morgan fingerprint density at radius 3 is 2.64 bits per heavy atom. The molecule has 0 spiro atoms. The number of carboxylic acid groups (broad SMARTS) is 1. The van der Waals surface area contributed by atoms with Crippen molar-refractivity contribution in [2.45, 2.75) is 26.2 Å². The van der Waals surface area contributed by atoms with Gasteiger partial charge >= 0.3 is 5.97 Å². The Hall–Kier alpha value is -1.23. The lowest BCUT2D eigenvalue weighted by Crippen LogP contribution is -2.14. The average molecular weight is 213 g/mol. The minimum atomic E-state index is -1.38. The quantitative estimate of drug-likeness (QED) is 0.769. The standard InChI is InChI=1S/C9H11NO3S/c1-5(2)8-10-4-6(14-8)3-7(11)9(12)13/h4-5H,3H2,1-2H3,(H,12,13). The number of carbonyl (C=O) groups excluding carboxylic acids is 1. The van der Waals surface area contributed by atoms with E-state index in [0.29, 0.717) is 10.8 Å². The van der Waals surface area contributed by atoms with E-state index in [2.05, 4.69) is 4.98 Å². The SMILES string of the molecule is CC(C)c1ncc(CC(=O)C(=O)O)s1. The highest BCUT2D eigenvalue weighted by Crippen LogP contribution is 2.21. The Morgan fingerprint density at radius 2 is 2.21 bits per heavy atom. The molecule has 0 aromatic carbocycles. The zero-order valence-electron chi connectivity index (χ0n) is 7.98. The van der Waals surface area contributed by atoms with Crippen LogP contribution in [0.5, 0.6) is 0 Å². The number of nitrogens with zero attached hydrogens (tertiary/aromatic N) is 1. The number of Topliss-reactive ketones (excluding diaryl/α,β-unsaturated/α-hetero) is 1. The Kier molecular flexibility index (Phi) is 3.35. The Balaban J connectivity index is 2.69. The van der Waals surface area contributed by atoms with Gasteiger partial charge in [0, 0.05) is 17.0 Å². The molecular weight excluding hydrogens is 202 g/mol. The van der Waals surface area contributed by atoms with Crippen molar-refractivity contribution in [2.24, 2.45) is 0 Å². The lowest BCUT2D eigenvalue weighted by Gasteiger charge is -1.95. The van der Waals surface area contributed by atoms with Gasteiger partial charge in [-0.2, -0.15) is 0 Å². The highest BCUT2D eigenvalue weighted by molar-refractivity contribution is 7.11. The van der Waals surface area contributed by atoms with E-state index in [1.165, 1.54) is 11.3 Å². The zero-order chi connectivity index (χ0) is 10.7. The van der Waals surface area contributed by atoms with E-state index in [0.717, 1.165) is 5.01 Å². The summed E-state index contributed by atoms with van der Waals surface area (Å²) in [5, 5.41) is 9.32. The van der Waals surface area contributed by atoms with E-state index in [1.54, 1.807) is 6.20 Å². The smallest absolute Gasteiger partial charge is 0.372 e. The van der Waals surface area contributed by atoms with Crippen LogP contribution in [-0.2, 0) is 16.0 Å². The summed E-state index contributed by atoms with van der Waals surface area (Å²) < 4.78 is 0. The third kappa shape index (κ3) is 2.63. The van der Waals surface area contributed by atoms with Gasteiger partial charge < -0.3 is 5.11 Å². The van der Waals surface area contributed by atoms with Gasteiger partial charge in [0.05, 0.1) is 11.4 Å². The van der Waals surface area contributed by atoms with Gasteiger partial charge in [0.15, 0.2) is 0 Å². The van der Waals surface area contributed by atoms with Gasteiger partial charge in [0.1, 0.15) is 0 Å². The fourth-order valence-corrected chi connectivity index (χ4v) is 1.82. The second-order valence-corrected chi connectivity index (χ2v) is 4.37. The number of aromatic nitrogens is 1. The summed E-state index contributed by atoms with van der Waals surface area (Å²) in [5.74, 6) is -1.86. The summed E-state index contributed by atoms with van der Waals surface area (Å²) >= 11 is 1.39. The minimum absolute atomic E-state index is 0.0558. The van der Waals surface area contributed by atoms with Crippen molar-refractivity contribution in [1.29, 1.82) is 0 Å². The van der Waals surface area contributed by atoms with Gasteiger partial charge in [-0.3, -0.25) is 4.79 Å². The molecule has 14 heavy (non-hydrogen) atoms. The highest BCUT2D eigenvalue weighted by atomic mass is 32.1. The zero-order valence-corrected chi connectivity index (χ0v) is 8.80. The molecule has 1 aromatic heterocycles. The molecule has 5 heteroatoms. The molecule has 0 fully saturated rings. The van der Waals surface area contributed by atoms with Crippen LogP contribution in [-0.4, -0.2) is 21.8 Å². The van der Waals surface area contributed by atoms with E-state index in [4.69, 9.17) is 5.11 Å². The van der Waals surface area contributed by atoms with Crippen LogP contribution < -0.4 is 0 Å². The Labute approximate surface area is 85.6 Å². The first-order valence-corrected chi connectivity index (χ1v) is 5.03. The molecule has 76 valence electrons. The van der Waals surface area contributed by atoms with Crippen LogP contribution in [0.2, 0.25) is 0 Å². The number of ketones is 1. The molecule has 0 saturated carbocycles. The Bertz CT molecular complexity index is 357. The van der Waals surface area contributed by atoms with Crippen molar-refractivity contribution in [3.63, 3.8) is 0 Å². The van der Waals surface area contributed by atoms with Crippen LogP contribution in [0, 0.1) is 0 Å².